The number of allylic oxidation sites excluding steroid dienone is 1. The lowest BCUT2D eigenvalue weighted by Crippen LogP contribution is -2.40. The van der Waals surface area contributed by atoms with Crippen molar-refractivity contribution in [1.82, 2.24) is 10.2 Å². The van der Waals surface area contributed by atoms with Gasteiger partial charge in [-0.2, -0.15) is 0 Å². The molecule has 0 aromatic heterocycles. The molecule has 1 saturated heterocycles. The molecule has 1 N–H and O–H groups in total. The Bertz CT molecular complexity index is 279. The molecule has 0 aromatic carbocycles. The van der Waals surface area contributed by atoms with Gasteiger partial charge in [0.1, 0.15) is 0 Å². The third kappa shape index (κ3) is 4.80. The average Bonchev–Trinajstić information content (AvgIpc) is 2.63. The quantitative estimate of drug-likeness (QED) is 0.352. The Labute approximate surface area is 106 Å². The number of rotatable bonds is 4. The van der Waals surface area contributed by atoms with Crippen molar-refractivity contribution in [3.05, 3.63) is 12.2 Å². The third-order valence-corrected chi connectivity index (χ3v) is 3.10. The van der Waals surface area contributed by atoms with E-state index < -0.39 is 0 Å². The van der Waals surface area contributed by atoms with Crippen LogP contribution in [0.2, 0.25) is 0 Å². The second-order valence-corrected chi connectivity index (χ2v) is 5.43. The Morgan fingerprint density at radius 2 is 2.24 bits per heavy atom. The van der Waals surface area contributed by atoms with E-state index in [1.807, 2.05) is 0 Å². The summed E-state index contributed by atoms with van der Waals surface area (Å²) in [5.74, 6) is 1.09. The number of hydrogen-bond donors (Lipinski definition) is 1. The smallest absolute Gasteiger partial charge is 0.193 e. The minimum atomic E-state index is 0.430. The van der Waals surface area contributed by atoms with Crippen LogP contribution in [0.1, 0.15) is 40.5 Å². The summed E-state index contributed by atoms with van der Waals surface area (Å²) in [6, 6.07) is 0. The monoisotopic (exact) mass is 237 g/mol. The van der Waals surface area contributed by atoms with Crippen molar-refractivity contribution < 1.29 is 0 Å². The maximum absolute atomic E-state index is 4.68. The van der Waals surface area contributed by atoms with Gasteiger partial charge in [-0.1, -0.05) is 26.0 Å². The summed E-state index contributed by atoms with van der Waals surface area (Å²) < 4.78 is 0. The van der Waals surface area contributed by atoms with Gasteiger partial charge in [0.15, 0.2) is 5.96 Å². The van der Waals surface area contributed by atoms with Crippen molar-refractivity contribution in [3.8, 4) is 0 Å². The second-order valence-electron chi connectivity index (χ2n) is 5.43. The summed E-state index contributed by atoms with van der Waals surface area (Å²) in [5.41, 5.74) is 0.430. The largest absolute Gasteiger partial charge is 0.357 e. The summed E-state index contributed by atoms with van der Waals surface area (Å²) in [5, 5.41) is 3.39. The number of nitrogens with zero attached hydrogens (tertiary/aromatic N) is 2. The van der Waals surface area contributed by atoms with E-state index in [1.54, 1.807) is 0 Å². The number of guanidine groups is 1. The molecule has 1 aliphatic heterocycles. The first-order valence-corrected chi connectivity index (χ1v) is 6.73. The van der Waals surface area contributed by atoms with Gasteiger partial charge in [-0.25, -0.2) is 0 Å². The first-order valence-electron chi connectivity index (χ1n) is 6.73. The van der Waals surface area contributed by atoms with E-state index in [4.69, 9.17) is 0 Å². The number of aliphatic imine (C=N–C) groups is 1. The number of likely N-dealkylation sites (tertiary alicyclic amines) is 1. The summed E-state index contributed by atoms with van der Waals surface area (Å²) >= 11 is 0. The van der Waals surface area contributed by atoms with E-state index in [0.717, 1.165) is 38.6 Å². The van der Waals surface area contributed by atoms with Crippen molar-refractivity contribution in [2.75, 3.05) is 26.2 Å². The van der Waals surface area contributed by atoms with Gasteiger partial charge in [-0.05, 0) is 32.1 Å². The van der Waals surface area contributed by atoms with Crippen molar-refractivity contribution in [1.29, 1.82) is 0 Å². The summed E-state index contributed by atoms with van der Waals surface area (Å²) in [6.07, 6.45) is 6.54. The maximum atomic E-state index is 4.68. The Kier molecular flexibility index (Phi) is 5.52. The Morgan fingerprint density at radius 3 is 2.76 bits per heavy atom. The first-order chi connectivity index (χ1) is 8.09. The number of hydrogen-bond acceptors (Lipinski definition) is 1. The zero-order chi connectivity index (χ0) is 12.7. The van der Waals surface area contributed by atoms with E-state index in [-0.39, 0.29) is 0 Å². The zero-order valence-electron chi connectivity index (χ0n) is 11.8. The van der Waals surface area contributed by atoms with Crippen LogP contribution in [0.15, 0.2) is 17.1 Å². The van der Waals surface area contributed by atoms with E-state index >= 15 is 0 Å². The lowest BCUT2D eigenvalue weighted by Gasteiger charge is -2.23. The molecule has 0 bridgehead atoms. The molecule has 1 heterocycles. The van der Waals surface area contributed by atoms with Crippen LogP contribution >= 0.6 is 0 Å². The molecule has 17 heavy (non-hydrogen) atoms. The van der Waals surface area contributed by atoms with Crippen molar-refractivity contribution >= 4 is 5.96 Å². The van der Waals surface area contributed by atoms with Gasteiger partial charge < -0.3 is 10.2 Å². The topological polar surface area (TPSA) is 27.6 Å². The molecule has 1 rings (SSSR count). The van der Waals surface area contributed by atoms with Crippen molar-refractivity contribution in [2.45, 2.75) is 40.5 Å². The molecule has 0 radical (unpaired) electrons. The highest BCUT2D eigenvalue weighted by Gasteiger charge is 2.30. The van der Waals surface area contributed by atoms with Gasteiger partial charge >= 0.3 is 0 Å². The molecule has 0 unspecified atom stereocenters. The van der Waals surface area contributed by atoms with Crippen LogP contribution in [0.25, 0.3) is 0 Å². The maximum Gasteiger partial charge on any atom is 0.193 e. The lowest BCUT2D eigenvalue weighted by molar-refractivity contribution is 0.370. The molecule has 3 heteroatoms. The zero-order valence-corrected chi connectivity index (χ0v) is 11.8. The predicted octanol–water partition coefficient (Wildman–Crippen LogP) is 2.65. The highest BCUT2D eigenvalue weighted by Crippen LogP contribution is 2.28. The van der Waals surface area contributed by atoms with Crippen LogP contribution < -0.4 is 5.32 Å². The first kappa shape index (κ1) is 14.1. The van der Waals surface area contributed by atoms with Crippen LogP contribution in [0.5, 0.6) is 0 Å². The molecular formula is C14H27N3. The third-order valence-electron chi connectivity index (χ3n) is 3.10. The summed E-state index contributed by atoms with van der Waals surface area (Å²) in [6.45, 7) is 12.9. The van der Waals surface area contributed by atoms with Crippen LogP contribution in [0.4, 0.5) is 0 Å². The molecule has 0 atom stereocenters. The average molecular weight is 237 g/mol. The minimum Gasteiger partial charge on any atom is -0.357 e. The van der Waals surface area contributed by atoms with Crippen LogP contribution in [0.3, 0.4) is 0 Å². The van der Waals surface area contributed by atoms with E-state index in [2.05, 4.69) is 55.1 Å². The summed E-state index contributed by atoms with van der Waals surface area (Å²) in [4.78, 5) is 7.07. The predicted molar refractivity (Wildman–Crippen MR) is 75.4 cm³/mol. The molecular weight excluding hydrogens is 210 g/mol. The minimum absolute atomic E-state index is 0.430. The molecule has 1 aliphatic rings. The van der Waals surface area contributed by atoms with Crippen LogP contribution in [0, 0.1) is 5.41 Å². The Balaban J connectivity index is 2.53. The molecule has 98 valence electrons. The fourth-order valence-corrected chi connectivity index (χ4v) is 2.13. The Morgan fingerprint density at radius 1 is 1.47 bits per heavy atom. The van der Waals surface area contributed by atoms with Crippen molar-refractivity contribution in [3.63, 3.8) is 0 Å². The standard InChI is InChI=1S/C14H27N3/c1-5-7-8-10-16-13(15-6-2)17-11-9-14(3,4)12-17/h5,7H,6,8-12H2,1-4H3,(H,15,16)/b7-5+. The fraction of sp³-hybridized carbons (Fsp3) is 0.786. The van der Waals surface area contributed by atoms with Gasteiger partial charge in [0.05, 0.1) is 0 Å². The molecule has 0 amide bonds. The molecule has 0 aliphatic carbocycles. The van der Waals surface area contributed by atoms with Crippen LogP contribution in [-0.2, 0) is 0 Å². The molecule has 0 aromatic rings. The van der Waals surface area contributed by atoms with E-state index in [9.17, 15) is 0 Å². The SMILES string of the molecule is C/C=C/CCN=C(NCC)N1CCC(C)(C)C1. The van der Waals surface area contributed by atoms with E-state index in [0.29, 0.717) is 5.41 Å². The Hall–Kier alpha value is -0.990. The van der Waals surface area contributed by atoms with Gasteiger partial charge in [0.25, 0.3) is 0 Å². The summed E-state index contributed by atoms with van der Waals surface area (Å²) in [7, 11) is 0. The molecule has 3 nitrogen and oxygen atoms in total. The van der Waals surface area contributed by atoms with Gasteiger partial charge in [0, 0.05) is 26.2 Å². The molecule has 0 spiro atoms. The highest BCUT2D eigenvalue weighted by atomic mass is 15.3. The van der Waals surface area contributed by atoms with E-state index in [1.165, 1.54) is 6.42 Å². The van der Waals surface area contributed by atoms with Crippen molar-refractivity contribution in [2.24, 2.45) is 10.4 Å². The molecule has 1 fully saturated rings. The fourth-order valence-electron chi connectivity index (χ4n) is 2.13. The van der Waals surface area contributed by atoms with Gasteiger partial charge in [-0.3, -0.25) is 4.99 Å². The lowest BCUT2D eigenvalue weighted by atomic mass is 9.93. The highest BCUT2D eigenvalue weighted by molar-refractivity contribution is 5.80. The van der Waals surface area contributed by atoms with Crippen LogP contribution in [-0.4, -0.2) is 37.0 Å². The normalized spacial score (nSPS) is 20.2. The second kappa shape index (κ2) is 6.67. The number of nitrogens with one attached hydrogen (secondary N) is 1. The molecule has 0 saturated carbocycles. The van der Waals surface area contributed by atoms with Gasteiger partial charge in [0.2, 0.25) is 0 Å². The van der Waals surface area contributed by atoms with Gasteiger partial charge in [-0.15, -0.1) is 0 Å².